The van der Waals surface area contributed by atoms with Gasteiger partial charge in [-0.05, 0) is 31.1 Å². The molecular formula is C12H13Cl2N3O. The van der Waals surface area contributed by atoms with E-state index in [2.05, 4.69) is 15.5 Å². The molecule has 1 saturated heterocycles. The summed E-state index contributed by atoms with van der Waals surface area (Å²) in [7, 11) is 0. The maximum Gasteiger partial charge on any atom is 0.227 e. The maximum absolute atomic E-state index is 5.92. The monoisotopic (exact) mass is 285 g/mol. The Hall–Kier alpha value is -1.10. The van der Waals surface area contributed by atoms with Crippen LogP contribution in [0.15, 0.2) is 28.8 Å². The molecule has 0 bridgehead atoms. The fraction of sp³-hybridized carbons (Fsp3) is 0.333. The first kappa shape index (κ1) is 13.3. The second-order valence-corrected chi connectivity index (χ2v) is 4.69. The highest BCUT2D eigenvalue weighted by Crippen LogP contribution is 2.21. The van der Waals surface area contributed by atoms with E-state index in [0.717, 1.165) is 25.1 Å². The minimum Gasteiger partial charge on any atom is -0.339 e. The Morgan fingerprint density at radius 2 is 2.22 bits per heavy atom. The topological polar surface area (TPSA) is 51.0 Å². The van der Waals surface area contributed by atoms with Crippen LogP contribution < -0.4 is 5.32 Å². The summed E-state index contributed by atoms with van der Waals surface area (Å²) < 4.78 is 5.23. The van der Waals surface area contributed by atoms with E-state index < -0.39 is 0 Å². The first-order chi connectivity index (χ1) is 8.31. The molecule has 0 aliphatic carbocycles. The number of hydrogen-bond donors (Lipinski definition) is 1. The predicted molar refractivity (Wildman–Crippen MR) is 72.1 cm³/mol. The van der Waals surface area contributed by atoms with Crippen molar-refractivity contribution in [2.45, 2.75) is 6.42 Å². The van der Waals surface area contributed by atoms with Crippen LogP contribution in [0.3, 0.4) is 0 Å². The van der Waals surface area contributed by atoms with Gasteiger partial charge in [0.1, 0.15) is 0 Å². The summed E-state index contributed by atoms with van der Waals surface area (Å²) in [6.07, 6.45) is 0.848. The third-order valence-corrected chi connectivity index (χ3v) is 3.12. The normalized spacial score (nSPS) is 14.9. The van der Waals surface area contributed by atoms with E-state index in [1.807, 2.05) is 24.3 Å². The van der Waals surface area contributed by atoms with Crippen LogP contribution in [0.2, 0.25) is 5.02 Å². The van der Waals surface area contributed by atoms with Gasteiger partial charge >= 0.3 is 0 Å². The van der Waals surface area contributed by atoms with Crippen molar-refractivity contribution in [3.8, 4) is 11.4 Å². The predicted octanol–water partition coefficient (Wildman–Crippen LogP) is 2.57. The third kappa shape index (κ3) is 2.83. The smallest absolute Gasteiger partial charge is 0.227 e. The van der Waals surface area contributed by atoms with E-state index in [0.29, 0.717) is 22.7 Å². The second kappa shape index (κ2) is 5.69. The first-order valence-corrected chi connectivity index (χ1v) is 5.98. The van der Waals surface area contributed by atoms with Gasteiger partial charge in [-0.1, -0.05) is 28.9 Å². The lowest BCUT2D eigenvalue weighted by molar-refractivity contribution is 0.296. The molecule has 1 aromatic heterocycles. The summed E-state index contributed by atoms with van der Waals surface area (Å²) in [5.41, 5.74) is 0.888. The molecule has 0 amide bonds. The second-order valence-electron chi connectivity index (χ2n) is 4.25. The lowest BCUT2D eigenvalue weighted by Crippen LogP contribution is -2.43. The molecular weight excluding hydrogens is 273 g/mol. The van der Waals surface area contributed by atoms with Crippen molar-refractivity contribution in [1.82, 2.24) is 15.5 Å². The van der Waals surface area contributed by atoms with Crippen molar-refractivity contribution in [3.63, 3.8) is 0 Å². The van der Waals surface area contributed by atoms with Crippen LogP contribution >= 0.6 is 24.0 Å². The lowest BCUT2D eigenvalue weighted by atomic mass is 10.00. The summed E-state index contributed by atoms with van der Waals surface area (Å²) in [5, 5.41) is 7.87. The zero-order chi connectivity index (χ0) is 11.7. The minimum absolute atomic E-state index is 0. The Morgan fingerprint density at radius 3 is 2.89 bits per heavy atom. The van der Waals surface area contributed by atoms with Gasteiger partial charge < -0.3 is 9.84 Å². The van der Waals surface area contributed by atoms with Crippen molar-refractivity contribution in [2.75, 3.05) is 13.1 Å². The van der Waals surface area contributed by atoms with E-state index >= 15 is 0 Å². The van der Waals surface area contributed by atoms with Crippen LogP contribution in [0.1, 0.15) is 5.89 Å². The summed E-state index contributed by atoms with van der Waals surface area (Å²) in [6, 6.07) is 7.46. The number of hydrogen-bond acceptors (Lipinski definition) is 4. The van der Waals surface area contributed by atoms with Crippen molar-refractivity contribution >= 4 is 24.0 Å². The molecule has 0 atom stereocenters. The average Bonchev–Trinajstić information content (AvgIpc) is 2.72. The van der Waals surface area contributed by atoms with E-state index in [1.54, 1.807) is 0 Å². The van der Waals surface area contributed by atoms with Crippen LogP contribution in [-0.4, -0.2) is 23.2 Å². The summed E-state index contributed by atoms with van der Waals surface area (Å²) in [6.45, 7) is 2.07. The number of nitrogens with one attached hydrogen (secondary N) is 1. The molecule has 1 aliphatic heterocycles. The van der Waals surface area contributed by atoms with Crippen LogP contribution in [0, 0.1) is 5.92 Å². The van der Waals surface area contributed by atoms with E-state index in [-0.39, 0.29) is 12.4 Å². The van der Waals surface area contributed by atoms with Gasteiger partial charge in [-0.2, -0.15) is 4.98 Å². The Bertz CT molecular complexity index is 526. The third-order valence-electron chi connectivity index (χ3n) is 2.88. The Balaban J connectivity index is 0.00000120. The van der Waals surface area contributed by atoms with Gasteiger partial charge in [0.25, 0.3) is 0 Å². The molecule has 1 fully saturated rings. The first-order valence-electron chi connectivity index (χ1n) is 5.60. The van der Waals surface area contributed by atoms with Crippen molar-refractivity contribution in [3.05, 3.63) is 35.2 Å². The fourth-order valence-electron chi connectivity index (χ4n) is 1.82. The molecule has 0 unspecified atom stereocenters. The van der Waals surface area contributed by atoms with Crippen LogP contribution in [-0.2, 0) is 6.42 Å². The Kier molecular flexibility index (Phi) is 4.22. The molecule has 1 aliphatic rings. The Morgan fingerprint density at radius 1 is 1.39 bits per heavy atom. The van der Waals surface area contributed by atoms with E-state index in [9.17, 15) is 0 Å². The molecule has 0 saturated carbocycles. The van der Waals surface area contributed by atoms with Crippen molar-refractivity contribution in [1.29, 1.82) is 0 Å². The molecule has 1 aromatic carbocycles. The zero-order valence-electron chi connectivity index (χ0n) is 9.60. The number of halogens is 2. The van der Waals surface area contributed by atoms with Crippen molar-refractivity contribution in [2.24, 2.45) is 5.92 Å². The van der Waals surface area contributed by atoms with E-state index in [1.165, 1.54) is 0 Å². The fourth-order valence-corrected chi connectivity index (χ4v) is 2.01. The highest BCUT2D eigenvalue weighted by atomic mass is 35.5. The summed E-state index contributed by atoms with van der Waals surface area (Å²) in [5.74, 6) is 1.93. The number of aromatic nitrogens is 2. The molecule has 0 radical (unpaired) electrons. The van der Waals surface area contributed by atoms with Gasteiger partial charge in [-0.3, -0.25) is 0 Å². The molecule has 6 heteroatoms. The van der Waals surface area contributed by atoms with Gasteiger partial charge in [-0.15, -0.1) is 12.4 Å². The number of nitrogens with zero attached hydrogens (tertiary/aromatic N) is 2. The SMILES string of the molecule is Cl.Clc1cccc(-c2noc(CC3CNC3)n2)c1. The minimum atomic E-state index is 0. The van der Waals surface area contributed by atoms with Gasteiger partial charge in [0.05, 0.1) is 0 Å². The molecule has 1 N–H and O–H groups in total. The largest absolute Gasteiger partial charge is 0.339 e. The van der Waals surface area contributed by atoms with Gasteiger partial charge in [0.15, 0.2) is 0 Å². The summed E-state index contributed by atoms with van der Waals surface area (Å²) in [4.78, 5) is 4.38. The molecule has 0 spiro atoms. The molecule has 2 heterocycles. The molecule has 2 aromatic rings. The molecule has 3 rings (SSSR count). The highest BCUT2D eigenvalue weighted by Gasteiger charge is 2.20. The standard InChI is InChI=1S/C12H12ClN3O.ClH/c13-10-3-1-2-9(5-10)12-15-11(17-16-12)4-8-6-14-7-8;/h1-3,5,8,14H,4,6-7H2;1H. The van der Waals surface area contributed by atoms with E-state index in [4.69, 9.17) is 16.1 Å². The van der Waals surface area contributed by atoms with Gasteiger partial charge in [-0.25, -0.2) is 0 Å². The summed E-state index contributed by atoms with van der Waals surface area (Å²) >= 11 is 5.92. The van der Waals surface area contributed by atoms with Crippen LogP contribution in [0.5, 0.6) is 0 Å². The highest BCUT2D eigenvalue weighted by molar-refractivity contribution is 6.30. The Labute approximate surface area is 116 Å². The zero-order valence-corrected chi connectivity index (χ0v) is 11.2. The number of benzene rings is 1. The van der Waals surface area contributed by atoms with Crippen LogP contribution in [0.25, 0.3) is 11.4 Å². The number of rotatable bonds is 3. The van der Waals surface area contributed by atoms with Crippen molar-refractivity contribution < 1.29 is 4.52 Å². The van der Waals surface area contributed by atoms with Crippen LogP contribution in [0.4, 0.5) is 0 Å². The molecule has 96 valence electrons. The maximum atomic E-state index is 5.92. The van der Waals surface area contributed by atoms with Gasteiger partial charge in [0, 0.05) is 17.0 Å². The molecule has 4 nitrogen and oxygen atoms in total. The van der Waals surface area contributed by atoms with Gasteiger partial charge in [0.2, 0.25) is 11.7 Å². The molecule has 18 heavy (non-hydrogen) atoms. The quantitative estimate of drug-likeness (QED) is 0.942. The average molecular weight is 286 g/mol. The lowest BCUT2D eigenvalue weighted by Gasteiger charge is -2.25.